The molecule has 16 heavy (non-hydrogen) atoms. The molecule has 3 nitrogen and oxygen atoms in total. The molecule has 1 amide bonds. The van der Waals surface area contributed by atoms with Crippen molar-refractivity contribution >= 4 is 45.8 Å². The first kappa shape index (κ1) is 13.6. The van der Waals surface area contributed by atoms with Gasteiger partial charge in [0.25, 0.3) is 0 Å². The van der Waals surface area contributed by atoms with Crippen LogP contribution >= 0.6 is 34.2 Å². The van der Waals surface area contributed by atoms with Crippen molar-refractivity contribution < 1.29 is 4.79 Å². The smallest absolute Gasteiger partial charge is 0.219 e. The molecule has 0 spiro atoms. The number of hydrogen-bond donors (Lipinski definition) is 2. The van der Waals surface area contributed by atoms with Crippen LogP contribution < -0.4 is 10.6 Å². The van der Waals surface area contributed by atoms with Gasteiger partial charge in [-0.25, -0.2) is 0 Å². The number of halogens is 2. The number of anilines is 1. The van der Waals surface area contributed by atoms with Crippen LogP contribution in [-0.2, 0) is 4.79 Å². The molecular weight excluding hydrogens is 338 g/mol. The first-order valence-electron chi connectivity index (χ1n) is 5.03. The maximum absolute atomic E-state index is 11.0. The molecule has 0 atom stereocenters. The van der Waals surface area contributed by atoms with E-state index in [0.717, 1.165) is 22.2 Å². The Morgan fingerprint density at radius 1 is 1.50 bits per heavy atom. The molecule has 0 unspecified atom stereocenters. The fraction of sp³-hybridized carbons (Fsp3) is 0.364. The summed E-state index contributed by atoms with van der Waals surface area (Å²) in [5.41, 5.74) is 0.916. The fourth-order valence-corrected chi connectivity index (χ4v) is 2.15. The second-order valence-corrected chi connectivity index (χ2v) is 4.98. The van der Waals surface area contributed by atoms with Gasteiger partial charge in [-0.3, -0.25) is 4.79 Å². The molecule has 0 aliphatic rings. The van der Waals surface area contributed by atoms with Crippen LogP contribution in [0.4, 0.5) is 5.69 Å². The summed E-state index contributed by atoms with van der Waals surface area (Å²) >= 11 is 8.27. The Bertz CT molecular complexity index is 371. The topological polar surface area (TPSA) is 41.1 Å². The third-order valence-electron chi connectivity index (χ3n) is 2.11. The van der Waals surface area contributed by atoms with Crippen LogP contribution in [0.25, 0.3) is 0 Å². The molecular formula is C11H14ClIN2O. The van der Waals surface area contributed by atoms with E-state index < -0.39 is 0 Å². The molecule has 5 heteroatoms. The van der Waals surface area contributed by atoms with Crippen molar-refractivity contribution in [1.82, 2.24) is 5.32 Å². The van der Waals surface area contributed by atoms with Crippen LogP contribution in [0.1, 0.15) is 12.8 Å². The van der Waals surface area contributed by atoms with E-state index in [-0.39, 0.29) is 5.91 Å². The van der Waals surface area contributed by atoms with Crippen molar-refractivity contribution in [3.05, 3.63) is 26.8 Å². The monoisotopic (exact) mass is 352 g/mol. The molecule has 0 aliphatic heterocycles. The summed E-state index contributed by atoms with van der Waals surface area (Å²) in [7, 11) is 1.64. The summed E-state index contributed by atoms with van der Waals surface area (Å²) in [4.78, 5) is 11.0. The van der Waals surface area contributed by atoms with Crippen molar-refractivity contribution in [2.75, 3.05) is 18.9 Å². The Morgan fingerprint density at radius 2 is 2.25 bits per heavy atom. The fourth-order valence-electron chi connectivity index (χ4n) is 1.23. The van der Waals surface area contributed by atoms with Crippen LogP contribution in [0.15, 0.2) is 18.2 Å². The molecule has 1 rings (SSSR count). The molecule has 0 heterocycles. The van der Waals surface area contributed by atoms with E-state index in [1.807, 2.05) is 18.2 Å². The third kappa shape index (κ3) is 4.57. The average Bonchev–Trinajstić information content (AvgIpc) is 2.26. The molecule has 0 aliphatic carbocycles. The Hall–Kier alpha value is -0.490. The Morgan fingerprint density at radius 3 is 2.88 bits per heavy atom. The van der Waals surface area contributed by atoms with Crippen LogP contribution in [0.3, 0.4) is 0 Å². The van der Waals surface area contributed by atoms with Crippen molar-refractivity contribution in [2.45, 2.75) is 12.8 Å². The summed E-state index contributed by atoms with van der Waals surface area (Å²) in [6.07, 6.45) is 1.33. The van der Waals surface area contributed by atoms with Gasteiger partial charge < -0.3 is 10.6 Å². The van der Waals surface area contributed by atoms with E-state index in [0.29, 0.717) is 11.4 Å². The Kier molecular flexibility index (Phi) is 5.90. The third-order valence-corrected chi connectivity index (χ3v) is 3.09. The lowest BCUT2D eigenvalue weighted by molar-refractivity contribution is -0.120. The lowest BCUT2D eigenvalue weighted by Gasteiger charge is -2.08. The van der Waals surface area contributed by atoms with E-state index in [2.05, 4.69) is 33.2 Å². The Balaban J connectivity index is 2.35. The molecule has 1 aromatic rings. The van der Waals surface area contributed by atoms with E-state index in [1.54, 1.807) is 7.05 Å². The van der Waals surface area contributed by atoms with Gasteiger partial charge in [0.05, 0.1) is 10.7 Å². The first-order valence-corrected chi connectivity index (χ1v) is 6.48. The van der Waals surface area contributed by atoms with Gasteiger partial charge in [0, 0.05) is 23.6 Å². The highest BCUT2D eigenvalue weighted by Crippen LogP contribution is 2.23. The van der Waals surface area contributed by atoms with Gasteiger partial charge >= 0.3 is 0 Å². The average molecular weight is 353 g/mol. The summed E-state index contributed by atoms with van der Waals surface area (Å²) < 4.78 is 1.11. The van der Waals surface area contributed by atoms with Gasteiger partial charge in [0.15, 0.2) is 0 Å². The minimum absolute atomic E-state index is 0.0653. The summed E-state index contributed by atoms with van der Waals surface area (Å²) in [6, 6.07) is 5.85. The molecule has 0 saturated heterocycles. The molecule has 0 fully saturated rings. The zero-order valence-corrected chi connectivity index (χ0v) is 11.9. The van der Waals surface area contributed by atoms with E-state index in [1.165, 1.54) is 0 Å². The highest BCUT2D eigenvalue weighted by Gasteiger charge is 2.01. The molecule has 88 valence electrons. The quantitative estimate of drug-likeness (QED) is 0.632. The number of rotatable bonds is 5. The predicted molar refractivity (Wildman–Crippen MR) is 76.0 cm³/mol. The molecule has 2 N–H and O–H groups in total. The number of carbonyl (C=O) groups excluding carboxylic acids is 1. The molecule has 0 radical (unpaired) electrons. The maximum Gasteiger partial charge on any atom is 0.219 e. The van der Waals surface area contributed by atoms with Crippen molar-refractivity contribution in [3.8, 4) is 0 Å². The molecule has 1 aromatic carbocycles. The van der Waals surface area contributed by atoms with Gasteiger partial charge in [-0.2, -0.15) is 0 Å². The van der Waals surface area contributed by atoms with Crippen LogP contribution in [0.5, 0.6) is 0 Å². The van der Waals surface area contributed by atoms with Gasteiger partial charge in [-0.05, 0) is 47.2 Å². The second kappa shape index (κ2) is 6.96. The van der Waals surface area contributed by atoms with Gasteiger partial charge in [0.2, 0.25) is 5.91 Å². The highest BCUT2D eigenvalue weighted by molar-refractivity contribution is 14.1. The van der Waals surface area contributed by atoms with E-state index in [4.69, 9.17) is 11.6 Å². The molecule has 0 saturated carbocycles. The second-order valence-electron chi connectivity index (χ2n) is 3.33. The number of nitrogens with one attached hydrogen (secondary N) is 2. The van der Waals surface area contributed by atoms with Crippen molar-refractivity contribution in [2.24, 2.45) is 0 Å². The van der Waals surface area contributed by atoms with Gasteiger partial charge in [-0.15, -0.1) is 0 Å². The highest BCUT2D eigenvalue weighted by atomic mass is 127. The zero-order chi connectivity index (χ0) is 12.0. The van der Waals surface area contributed by atoms with Crippen LogP contribution in [-0.4, -0.2) is 19.5 Å². The van der Waals surface area contributed by atoms with Gasteiger partial charge in [-0.1, -0.05) is 11.6 Å². The number of amides is 1. The van der Waals surface area contributed by atoms with E-state index in [9.17, 15) is 4.79 Å². The number of carbonyl (C=O) groups is 1. The summed E-state index contributed by atoms with van der Waals surface area (Å²) in [5.74, 6) is 0.0653. The minimum atomic E-state index is 0.0653. The van der Waals surface area contributed by atoms with Crippen molar-refractivity contribution in [1.29, 1.82) is 0 Å². The molecule has 0 aromatic heterocycles. The first-order chi connectivity index (χ1) is 7.63. The SMILES string of the molecule is CNC(=O)CCCNc1ccc(I)cc1Cl. The lowest BCUT2D eigenvalue weighted by Crippen LogP contribution is -2.18. The number of benzene rings is 1. The van der Waals surface area contributed by atoms with E-state index >= 15 is 0 Å². The summed E-state index contributed by atoms with van der Waals surface area (Å²) in [6.45, 7) is 0.744. The summed E-state index contributed by atoms with van der Waals surface area (Å²) in [5, 5.41) is 6.51. The lowest BCUT2D eigenvalue weighted by atomic mass is 10.2. The van der Waals surface area contributed by atoms with Crippen molar-refractivity contribution in [3.63, 3.8) is 0 Å². The zero-order valence-electron chi connectivity index (χ0n) is 9.02. The largest absolute Gasteiger partial charge is 0.384 e. The van der Waals surface area contributed by atoms with Gasteiger partial charge in [0.1, 0.15) is 0 Å². The minimum Gasteiger partial charge on any atom is -0.384 e. The standard InChI is InChI=1S/C11H14ClIN2O/c1-14-11(16)3-2-6-15-10-5-4-8(13)7-9(10)12/h4-5,7,15H,2-3,6H2,1H3,(H,14,16). The predicted octanol–water partition coefficient (Wildman–Crippen LogP) is 2.88. The Labute approximate surface area is 114 Å². The normalized spacial score (nSPS) is 9.94. The molecule has 0 bridgehead atoms. The maximum atomic E-state index is 11.0. The number of hydrogen-bond acceptors (Lipinski definition) is 2. The van der Waals surface area contributed by atoms with Crippen LogP contribution in [0.2, 0.25) is 5.02 Å². The van der Waals surface area contributed by atoms with Crippen LogP contribution in [0, 0.1) is 3.57 Å².